The van der Waals surface area contributed by atoms with Crippen molar-refractivity contribution in [2.75, 3.05) is 0 Å². The highest BCUT2D eigenvalue weighted by Crippen LogP contribution is 2.13. The van der Waals surface area contributed by atoms with Crippen LogP contribution in [0.1, 0.15) is 24.3 Å². The lowest BCUT2D eigenvalue weighted by molar-refractivity contribution is 0.429. The summed E-state index contributed by atoms with van der Waals surface area (Å²) in [5.74, 6) is 0.550. The molecular weight excluding hydrogens is 207 g/mol. The van der Waals surface area contributed by atoms with Crippen LogP contribution < -0.4 is 5.32 Å². The lowest BCUT2D eigenvalue weighted by atomic mass is 10.2. The average molecular weight is 220 g/mol. The molecule has 0 aliphatic heterocycles. The van der Waals surface area contributed by atoms with E-state index in [9.17, 15) is 4.39 Å². The summed E-state index contributed by atoms with van der Waals surface area (Å²) in [5, 5.41) is 3.23. The second kappa shape index (κ2) is 4.90. The van der Waals surface area contributed by atoms with Gasteiger partial charge in [-0.1, -0.05) is 0 Å². The van der Waals surface area contributed by atoms with Crippen molar-refractivity contribution in [3.63, 3.8) is 0 Å². The molecule has 16 heavy (non-hydrogen) atoms. The maximum atomic E-state index is 12.9. The number of nitrogens with one attached hydrogen (secondary N) is 1. The first-order valence-corrected chi connectivity index (χ1v) is 5.12. The van der Waals surface area contributed by atoms with Crippen LogP contribution in [0.2, 0.25) is 0 Å². The third-order valence-corrected chi connectivity index (χ3v) is 2.34. The number of hydrogen-bond acceptors (Lipinski definition) is 3. The summed E-state index contributed by atoms with van der Waals surface area (Å²) >= 11 is 0. The van der Waals surface area contributed by atoms with Crippen LogP contribution in [0.3, 0.4) is 0 Å². The van der Waals surface area contributed by atoms with E-state index in [1.54, 1.807) is 12.5 Å². The molecule has 0 saturated carbocycles. The van der Waals surface area contributed by atoms with Gasteiger partial charge in [-0.2, -0.15) is 0 Å². The molecular formula is C12H13FN2O. The van der Waals surface area contributed by atoms with E-state index in [4.69, 9.17) is 4.42 Å². The first-order chi connectivity index (χ1) is 7.75. The maximum Gasteiger partial charge on any atom is 0.141 e. The predicted molar refractivity (Wildman–Crippen MR) is 58.2 cm³/mol. The van der Waals surface area contributed by atoms with E-state index in [-0.39, 0.29) is 11.9 Å². The zero-order chi connectivity index (χ0) is 11.4. The molecule has 2 aromatic heterocycles. The van der Waals surface area contributed by atoms with Crippen LogP contribution in [0, 0.1) is 5.82 Å². The lowest BCUT2D eigenvalue weighted by Gasteiger charge is -2.10. The van der Waals surface area contributed by atoms with Crippen LogP contribution >= 0.6 is 0 Å². The molecule has 2 rings (SSSR count). The lowest BCUT2D eigenvalue weighted by Crippen LogP contribution is -2.17. The molecule has 0 fully saturated rings. The Morgan fingerprint density at radius 2 is 2.38 bits per heavy atom. The van der Waals surface area contributed by atoms with Gasteiger partial charge in [0.2, 0.25) is 0 Å². The van der Waals surface area contributed by atoms with Crippen molar-refractivity contribution in [3.8, 4) is 0 Å². The molecule has 3 nitrogen and oxygen atoms in total. The SMILES string of the molecule is CC(NCc1cncc(F)c1)c1ccco1. The highest BCUT2D eigenvalue weighted by Gasteiger charge is 2.07. The van der Waals surface area contributed by atoms with E-state index in [0.717, 1.165) is 11.3 Å². The third kappa shape index (κ3) is 2.67. The van der Waals surface area contributed by atoms with Gasteiger partial charge in [-0.3, -0.25) is 4.98 Å². The Labute approximate surface area is 93.3 Å². The molecule has 1 unspecified atom stereocenters. The van der Waals surface area contributed by atoms with Crippen molar-refractivity contribution >= 4 is 0 Å². The number of halogens is 1. The minimum Gasteiger partial charge on any atom is -0.468 e. The van der Waals surface area contributed by atoms with Gasteiger partial charge in [0, 0.05) is 12.7 Å². The van der Waals surface area contributed by atoms with Gasteiger partial charge in [-0.05, 0) is 30.7 Å². The number of furan rings is 1. The Balaban J connectivity index is 1.92. The average Bonchev–Trinajstić information content (AvgIpc) is 2.79. The molecule has 0 aliphatic rings. The van der Waals surface area contributed by atoms with Crippen molar-refractivity contribution in [1.82, 2.24) is 10.3 Å². The second-order valence-corrected chi connectivity index (χ2v) is 3.63. The van der Waals surface area contributed by atoms with E-state index < -0.39 is 0 Å². The monoisotopic (exact) mass is 220 g/mol. The normalized spacial score (nSPS) is 12.6. The molecule has 84 valence electrons. The van der Waals surface area contributed by atoms with Gasteiger partial charge in [0.1, 0.15) is 11.6 Å². The van der Waals surface area contributed by atoms with Crippen LogP contribution in [0.15, 0.2) is 41.3 Å². The maximum absolute atomic E-state index is 12.9. The van der Waals surface area contributed by atoms with Gasteiger partial charge < -0.3 is 9.73 Å². The van der Waals surface area contributed by atoms with Gasteiger partial charge >= 0.3 is 0 Å². The summed E-state index contributed by atoms with van der Waals surface area (Å²) in [7, 11) is 0. The van der Waals surface area contributed by atoms with Gasteiger partial charge in [-0.15, -0.1) is 0 Å². The Bertz CT molecular complexity index is 442. The standard InChI is InChI=1S/C12H13FN2O/c1-9(12-3-2-4-16-12)15-7-10-5-11(13)8-14-6-10/h2-6,8-9,15H,7H2,1H3. The number of pyridine rings is 1. The van der Waals surface area contributed by atoms with Crippen molar-refractivity contribution in [2.45, 2.75) is 19.5 Å². The van der Waals surface area contributed by atoms with Gasteiger partial charge in [0.05, 0.1) is 18.5 Å². The van der Waals surface area contributed by atoms with Crippen LogP contribution in [0.5, 0.6) is 0 Å². The minimum absolute atomic E-state index is 0.0956. The molecule has 1 N–H and O–H groups in total. The molecule has 0 amide bonds. The van der Waals surface area contributed by atoms with Crippen molar-refractivity contribution in [1.29, 1.82) is 0 Å². The Kier molecular flexibility index (Phi) is 3.31. The zero-order valence-electron chi connectivity index (χ0n) is 8.98. The number of rotatable bonds is 4. The third-order valence-electron chi connectivity index (χ3n) is 2.34. The molecule has 0 aromatic carbocycles. The van der Waals surface area contributed by atoms with Crippen LogP contribution in [0.25, 0.3) is 0 Å². The molecule has 0 radical (unpaired) electrons. The molecule has 2 heterocycles. The summed E-state index contributed by atoms with van der Waals surface area (Å²) < 4.78 is 18.1. The fraction of sp³-hybridized carbons (Fsp3) is 0.250. The van der Waals surface area contributed by atoms with Crippen LogP contribution in [-0.4, -0.2) is 4.98 Å². The van der Waals surface area contributed by atoms with E-state index in [0.29, 0.717) is 6.54 Å². The molecule has 0 spiro atoms. The quantitative estimate of drug-likeness (QED) is 0.860. The topological polar surface area (TPSA) is 38.1 Å². The largest absolute Gasteiger partial charge is 0.468 e. The Morgan fingerprint density at radius 1 is 1.50 bits per heavy atom. The molecule has 0 bridgehead atoms. The highest BCUT2D eigenvalue weighted by molar-refractivity contribution is 5.11. The number of nitrogens with zero attached hydrogens (tertiary/aromatic N) is 1. The predicted octanol–water partition coefficient (Wildman–Crippen LogP) is 2.66. The number of hydrogen-bond donors (Lipinski definition) is 1. The summed E-state index contributed by atoms with van der Waals surface area (Å²) in [6.07, 6.45) is 4.47. The summed E-state index contributed by atoms with van der Waals surface area (Å²) in [6, 6.07) is 5.31. The van der Waals surface area contributed by atoms with Crippen molar-refractivity contribution in [2.24, 2.45) is 0 Å². The summed E-state index contributed by atoms with van der Waals surface area (Å²) in [6.45, 7) is 2.55. The van der Waals surface area contributed by atoms with Gasteiger partial charge in [0.15, 0.2) is 0 Å². The Hall–Kier alpha value is -1.68. The smallest absolute Gasteiger partial charge is 0.141 e. The van der Waals surface area contributed by atoms with E-state index in [2.05, 4.69) is 10.3 Å². The zero-order valence-corrected chi connectivity index (χ0v) is 8.98. The van der Waals surface area contributed by atoms with Crippen LogP contribution in [0.4, 0.5) is 4.39 Å². The fourth-order valence-electron chi connectivity index (χ4n) is 1.46. The first-order valence-electron chi connectivity index (χ1n) is 5.12. The summed E-state index contributed by atoms with van der Waals surface area (Å²) in [5.41, 5.74) is 0.818. The molecule has 0 aliphatic carbocycles. The van der Waals surface area contributed by atoms with Crippen molar-refractivity contribution < 1.29 is 8.81 Å². The molecule has 4 heteroatoms. The first kappa shape index (κ1) is 10.8. The van der Waals surface area contributed by atoms with Crippen molar-refractivity contribution in [3.05, 3.63) is 54.0 Å². The molecule has 1 atom stereocenters. The molecule has 0 saturated heterocycles. The molecule has 2 aromatic rings. The minimum atomic E-state index is -0.315. The number of aromatic nitrogens is 1. The second-order valence-electron chi connectivity index (χ2n) is 3.63. The van der Waals surface area contributed by atoms with Gasteiger partial charge in [-0.25, -0.2) is 4.39 Å². The summed E-state index contributed by atoms with van der Waals surface area (Å²) in [4.78, 5) is 3.79. The highest BCUT2D eigenvalue weighted by atomic mass is 19.1. The van der Waals surface area contributed by atoms with Gasteiger partial charge in [0.25, 0.3) is 0 Å². The fourth-order valence-corrected chi connectivity index (χ4v) is 1.46. The Morgan fingerprint density at radius 3 is 3.06 bits per heavy atom. The van der Waals surface area contributed by atoms with E-state index >= 15 is 0 Å². The van der Waals surface area contributed by atoms with E-state index in [1.165, 1.54) is 12.3 Å². The van der Waals surface area contributed by atoms with E-state index in [1.807, 2.05) is 19.1 Å². The van der Waals surface area contributed by atoms with Crippen LogP contribution in [-0.2, 0) is 6.54 Å².